The second-order valence-corrected chi connectivity index (χ2v) is 7.76. The molecule has 0 saturated heterocycles. The molecule has 30 heavy (non-hydrogen) atoms. The van der Waals surface area contributed by atoms with Crippen molar-refractivity contribution < 1.29 is 19.1 Å². The minimum Gasteiger partial charge on any atom is -0.457 e. The number of halogens is 1. The third-order valence-electron chi connectivity index (χ3n) is 5.11. The Kier molecular flexibility index (Phi) is 4.84. The van der Waals surface area contributed by atoms with Crippen molar-refractivity contribution in [1.29, 1.82) is 5.26 Å². The topological polar surface area (TPSA) is 114 Å². The summed E-state index contributed by atoms with van der Waals surface area (Å²) in [6, 6.07) is 16.2. The van der Waals surface area contributed by atoms with Gasteiger partial charge in [0.05, 0.1) is 0 Å². The zero-order chi connectivity index (χ0) is 21.5. The third-order valence-corrected chi connectivity index (χ3v) is 5.61. The Morgan fingerprint density at radius 2 is 2.03 bits per heavy atom. The molecular weight excluding hydrogens is 450 g/mol. The Bertz CT molecular complexity index is 1180. The van der Waals surface area contributed by atoms with Gasteiger partial charge in [-0.05, 0) is 30.7 Å². The summed E-state index contributed by atoms with van der Waals surface area (Å²) in [6.45, 7) is 1.52. The minimum absolute atomic E-state index is 0.000572. The Balaban J connectivity index is 1.86. The minimum atomic E-state index is -1.76. The molecule has 8 heteroatoms. The van der Waals surface area contributed by atoms with Crippen LogP contribution in [0.25, 0.3) is 0 Å². The van der Waals surface area contributed by atoms with Gasteiger partial charge in [-0.25, -0.2) is 4.79 Å². The molecule has 150 valence electrons. The Labute approximate surface area is 180 Å². The molecule has 1 amide bonds. The van der Waals surface area contributed by atoms with Crippen molar-refractivity contribution in [2.24, 2.45) is 5.73 Å². The van der Waals surface area contributed by atoms with Gasteiger partial charge >= 0.3 is 5.97 Å². The number of anilines is 1. The molecule has 4 rings (SSSR count). The molecule has 2 aromatic rings. The lowest BCUT2D eigenvalue weighted by molar-refractivity contribution is -0.142. The zero-order valence-corrected chi connectivity index (χ0v) is 17.4. The lowest BCUT2D eigenvalue weighted by Gasteiger charge is -2.34. The quantitative estimate of drug-likeness (QED) is 0.671. The van der Waals surface area contributed by atoms with Crippen molar-refractivity contribution in [3.63, 3.8) is 0 Å². The number of hydrogen-bond acceptors (Lipinski definition) is 6. The van der Waals surface area contributed by atoms with Crippen LogP contribution in [0.15, 0.2) is 75.8 Å². The van der Waals surface area contributed by atoms with Crippen molar-refractivity contribution in [2.75, 3.05) is 5.32 Å². The fourth-order valence-electron chi connectivity index (χ4n) is 3.84. The second-order valence-electron chi connectivity index (χ2n) is 6.84. The standard InChI is InChI=1S/C22H16BrN3O4/c1-12-18(20(27)29-11-13-5-3-2-4-6-13)22(16(10-24)19(25)30-12)15-9-14(23)7-8-17(15)26-21(22)28/h2-9H,11,25H2,1H3,(H,26,28)/t22-/m1/s1. The van der Waals surface area contributed by atoms with Gasteiger partial charge in [-0.15, -0.1) is 0 Å². The lowest BCUT2D eigenvalue weighted by atomic mass is 9.68. The molecule has 1 atom stereocenters. The first kappa shape index (κ1) is 19.7. The molecule has 2 aliphatic rings. The number of nitrogens with one attached hydrogen (secondary N) is 1. The van der Waals surface area contributed by atoms with E-state index in [0.29, 0.717) is 15.7 Å². The number of fused-ring (bicyclic) bond motifs is 2. The highest BCUT2D eigenvalue weighted by atomic mass is 79.9. The van der Waals surface area contributed by atoms with Gasteiger partial charge in [0, 0.05) is 15.7 Å². The zero-order valence-electron chi connectivity index (χ0n) is 15.9. The maximum Gasteiger partial charge on any atom is 0.339 e. The summed E-state index contributed by atoms with van der Waals surface area (Å²) in [7, 11) is 0. The van der Waals surface area contributed by atoms with Crippen molar-refractivity contribution in [3.8, 4) is 6.07 Å². The van der Waals surface area contributed by atoms with Gasteiger partial charge < -0.3 is 20.5 Å². The molecule has 3 N–H and O–H groups in total. The number of nitriles is 1. The lowest BCUT2D eigenvalue weighted by Crippen LogP contribution is -2.45. The number of benzene rings is 2. The van der Waals surface area contributed by atoms with Gasteiger partial charge in [0.25, 0.3) is 0 Å². The van der Waals surface area contributed by atoms with Gasteiger partial charge in [-0.1, -0.05) is 46.3 Å². The van der Waals surface area contributed by atoms with E-state index >= 15 is 0 Å². The van der Waals surface area contributed by atoms with Crippen molar-refractivity contribution >= 4 is 33.5 Å². The highest BCUT2D eigenvalue weighted by molar-refractivity contribution is 9.10. The Morgan fingerprint density at radius 3 is 2.73 bits per heavy atom. The molecule has 2 heterocycles. The maximum atomic E-state index is 13.3. The summed E-state index contributed by atoms with van der Waals surface area (Å²) in [5.41, 5.74) is 5.68. The van der Waals surface area contributed by atoms with E-state index in [0.717, 1.165) is 5.56 Å². The number of ether oxygens (including phenoxy) is 2. The van der Waals surface area contributed by atoms with Gasteiger partial charge in [0.1, 0.15) is 29.6 Å². The van der Waals surface area contributed by atoms with E-state index in [1.807, 2.05) is 36.4 Å². The van der Waals surface area contributed by atoms with Crippen LogP contribution in [0.5, 0.6) is 0 Å². The van der Waals surface area contributed by atoms with Crippen LogP contribution >= 0.6 is 15.9 Å². The fourth-order valence-corrected chi connectivity index (χ4v) is 4.20. The molecule has 0 aromatic heterocycles. The van der Waals surface area contributed by atoms with E-state index in [1.165, 1.54) is 6.92 Å². The number of carbonyl (C=O) groups is 2. The highest BCUT2D eigenvalue weighted by Crippen LogP contribution is 2.52. The summed E-state index contributed by atoms with van der Waals surface area (Å²) in [5.74, 6) is -1.45. The predicted molar refractivity (Wildman–Crippen MR) is 111 cm³/mol. The Hall–Kier alpha value is -3.57. The van der Waals surface area contributed by atoms with E-state index in [4.69, 9.17) is 15.2 Å². The normalized spacial score (nSPS) is 19.8. The van der Waals surface area contributed by atoms with Crippen LogP contribution < -0.4 is 11.1 Å². The SMILES string of the molecule is CC1=C(C(=O)OCc2ccccc2)[C@]2(C(=O)Nc3ccc(Br)cc32)C(C#N)=C(N)O1. The van der Waals surface area contributed by atoms with E-state index in [1.54, 1.807) is 18.2 Å². The van der Waals surface area contributed by atoms with Gasteiger partial charge in [0.15, 0.2) is 5.41 Å². The highest BCUT2D eigenvalue weighted by Gasteiger charge is 2.59. The van der Waals surface area contributed by atoms with Crippen molar-refractivity contribution in [1.82, 2.24) is 0 Å². The van der Waals surface area contributed by atoms with Crippen LogP contribution in [-0.4, -0.2) is 11.9 Å². The number of nitrogens with two attached hydrogens (primary N) is 1. The third kappa shape index (κ3) is 2.86. The van der Waals surface area contributed by atoms with Crippen molar-refractivity contribution in [3.05, 3.63) is 86.9 Å². The van der Waals surface area contributed by atoms with Crippen LogP contribution in [0.4, 0.5) is 5.69 Å². The predicted octanol–water partition coefficient (Wildman–Crippen LogP) is 3.38. The van der Waals surface area contributed by atoms with Gasteiger partial charge in [0.2, 0.25) is 11.8 Å². The molecule has 0 bridgehead atoms. The van der Waals surface area contributed by atoms with E-state index in [9.17, 15) is 14.9 Å². The van der Waals surface area contributed by atoms with Crippen LogP contribution in [-0.2, 0) is 31.1 Å². The first-order chi connectivity index (χ1) is 14.4. The van der Waals surface area contributed by atoms with Crippen LogP contribution in [0.3, 0.4) is 0 Å². The van der Waals surface area contributed by atoms with Crippen molar-refractivity contribution in [2.45, 2.75) is 18.9 Å². The van der Waals surface area contributed by atoms with Gasteiger partial charge in [-0.3, -0.25) is 4.79 Å². The number of rotatable bonds is 3. The first-order valence-electron chi connectivity index (χ1n) is 9.01. The van der Waals surface area contributed by atoms with Crippen LogP contribution in [0.1, 0.15) is 18.1 Å². The number of nitrogens with zero attached hydrogens (tertiary/aromatic N) is 1. The monoisotopic (exact) mass is 465 g/mol. The van der Waals surface area contributed by atoms with E-state index in [2.05, 4.69) is 21.2 Å². The number of allylic oxidation sites excluding steroid dienone is 1. The summed E-state index contributed by atoms with van der Waals surface area (Å²) in [6.07, 6.45) is 0. The first-order valence-corrected chi connectivity index (χ1v) is 9.81. The molecule has 7 nitrogen and oxygen atoms in total. The molecule has 2 aliphatic heterocycles. The molecule has 0 saturated carbocycles. The number of carbonyl (C=O) groups excluding carboxylic acids is 2. The fraction of sp³-hybridized carbons (Fsp3) is 0.136. The molecule has 0 fully saturated rings. The van der Waals surface area contributed by atoms with E-state index in [-0.39, 0.29) is 29.4 Å². The maximum absolute atomic E-state index is 13.3. The average molecular weight is 466 g/mol. The molecule has 1 spiro atoms. The Morgan fingerprint density at radius 1 is 1.30 bits per heavy atom. The summed E-state index contributed by atoms with van der Waals surface area (Å²) in [4.78, 5) is 26.5. The number of amides is 1. The molecule has 2 aromatic carbocycles. The molecular formula is C22H16BrN3O4. The molecule has 0 unspecified atom stereocenters. The number of esters is 1. The molecule has 0 radical (unpaired) electrons. The molecule has 0 aliphatic carbocycles. The van der Waals surface area contributed by atoms with Crippen LogP contribution in [0, 0.1) is 11.3 Å². The van der Waals surface area contributed by atoms with E-state index < -0.39 is 17.3 Å². The smallest absolute Gasteiger partial charge is 0.339 e. The van der Waals surface area contributed by atoms with Crippen LogP contribution in [0.2, 0.25) is 0 Å². The van der Waals surface area contributed by atoms with Gasteiger partial charge in [-0.2, -0.15) is 5.26 Å². The largest absolute Gasteiger partial charge is 0.457 e. The summed E-state index contributed by atoms with van der Waals surface area (Å²) >= 11 is 3.39. The second kappa shape index (κ2) is 7.35. The average Bonchev–Trinajstić information content (AvgIpc) is 2.99. The summed E-state index contributed by atoms with van der Waals surface area (Å²) in [5, 5.41) is 12.6. The summed E-state index contributed by atoms with van der Waals surface area (Å²) < 4.78 is 11.7. The number of hydrogen-bond donors (Lipinski definition) is 2.